The van der Waals surface area contributed by atoms with Crippen LogP contribution >= 0.6 is 0 Å². The summed E-state index contributed by atoms with van der Waals surface area (Å²) in [6.07, 6.45) is 0.246. The van der Waals surface area contributed by atoms with Crippen molar-refractivity contribution in [1.29, 1.82) is 0 Å². The fourth-order valence-corrected chi connectivity index (χ4v) is 1.76. The van der Waals surface area contributed by atoms with Crippen LogP contribution in [0.5, 0.6) is 0 Å². The molecule has 0 unspecified atom stereocenters. The third-order valence-corrected chi connectivity index (χ3v) is 2.35. The topological polar surface area (TPSA) is 17.1 Å². The number of Topliss-reactive ketones (excluding diaryl/α,β-unsaturated/α-hetero) is 1. The summed E-state index contributed by atoms with van der Waals surface area (Å²) in [7, 11) is 0. The van der Waals surface area contributed by atoms with E-state index in [1.807, 2.05) is 0 Å². The summed E-state index contributed by atoms with van der Waals surface area (Å²) >= 11 is 0. The van der Waals surface area contributed by atoms with E-state index in [0.29, 0.717) is 5.56 Å². The molecule has 0 saturated heterocycles. The van der Waals surface area contributed by atoms with Crippen LogP contribution < -0.4 is 0 Å². The van der Waals surface area contributed by atoms with E-state index in [0.717, 1.165) is 6.07 Å². The lowest BCUT2D eigenvalue weighted by molar-refractivity contribution is -0.118. The average Bonchev–Trinajstić information content (AvgIpc) is 1.99. The van der Waals surface area contributed by atoms with Crippen molar-refractivity contribution in [1.82, 2.24) is 0 Å². The molecule has 0 saturated carbocycles. The Morgan fingerprint density at radius 2 is 1.93 bits per heavy atom. The van der Waals surface area contributed by atoms with E-state index < -0.39 is 17.0 Å². The number of carbonyl (C=O) groups is 1. The second kappa shape index (κ2) is 4.09. The fourth-order valence-electron chi connectivity index (χ4n) is 1.76. The molecule has 0 spiro atoms. The molecule has 0 bridgehead atoms. The van der Waals surface area contributed by atoms with Gasteiger partial charge in [0.05, 0.1) is 0 Å². The van der Waals surface area contributed by atoms with Crippen LogP contribution in [0.4, 0.5) is 8.78 Å². The lowest BCUT2D eigenvalue weighted by Gasteiger charge is -2.24. The summed E-state index contributed by atoms with van der Waals surface area (Å²) in [6.45, 7) is 5.00. The van der Waals surface area contributed by atoms with E-state index in [-0.39, 0.29) is 12.2 Å². The molecule has 15 heavy (non-hydrogen) atoms. The molecule has 3 heteroatoms. The number of halogens is 2. The van der Waals surface area contributed by atoms with E-state index >= 15 is 0 Å². The van der Waals surface area contributed by atoms with Crippen molar-refractivity contribution in [2.24, 2.45) is 0 Å². The maximum atomic E-state index is 13.4. The summed E-state index contributed by atoms with van der Waals surface area (Å²) in [5.74, 6) is -1.21. The molecule has 0 atom stereocenters. The monoisotopic (exact) mass is 212 g/mol. The molecule has 0 aliphatic carbocycles. The molecule has 0 aliphatic rings. The Morgan fingerprint density at radius 3 is 2.40 bits per heavy atom. The molecule has 1 aromatic carbocycles. The maximum Gasteiger partial charge on any atom is 0.130 e. The van der Waals surface area contributed by atoms with Crippen LogP contribution in [-0.2, 0) is 10.2 Å². The summed E-state index contributed by atoms with van der Waals surface area (Å²) in [6, 6.07) is 3.45. The van der Waals surface area contributed by atoms with Crippen LogP contribution in [0.15, 0.2) is 18.2 Å². The molecule has 0 amide bonds. The molecule has 1 aromatic rings. The van der Waals surface area contributed by atoms with Crippen molar-refractivity contribution >= 4 is 5.78 Å². The van der Waals surface area contributed by atoms with E-state index in [1.54, 1.807) is 13.8 Å². The fraction of sp³-hybridized carbons (Fsp3) is 0.417. The van der Waals surface area contributed by atoms with Gasteiger partial charge in [-0.3, -0.25) is 4.79 Å². The Balaban J connectivity index is 3.09. The minimum atomic E-state index is -0.602. The van der Waals surface area contributed by atoms with Crippen molar-refractivity contribution in [2.75, 3.05) is 0 Å². The van der Waals surface area contributed by atoms with Crippen molar-refractivity contribution in [2.45, 2.75) is 32.6 Å². The summed E-state index contributed by atoms with van der Waals surface area (Å²) in [4.78, 5) is 11.0. The molecule has 1 rings (SSSR count). The van der Waals surface area contributed by atoms with Gasteiger partial charge in [-0.05, 0) is 24.0 Å². The van der Waals surface area contributed by atoms with E-state index in [1.165, 1.54) is 19.1 Å². The van der Waals surface area contributed by atoms with Gasteiger partial charge in [0.15, 0.2) is 0 Å². The van der Waals surface area contributed by atoms with Crippen molar-refractivity contribution in [3.05, 3.63) is 35.4 Å². The third-order valence-electron chi connectivity index (χ3n) is 2.35. The minimum absolute atomic E-state index is 0.0104. The number of carbonyl (C=O) groups excluding carboxylic acids is 1. The van der Waals surface area contributed by atoms with Gasteiger partial charge < -0.3 is 0 Å². The zero-order valence-corrected chi connectivity index (χ0v) is 9.10. The normalized spacial score (nSPS) is 11.5. The second-order valence-corrected chi connectivity index (χ2v) is 4.39. The first kappa shape index (κ1) is 11.8. The molecular weight excluding hydrogens is 198 g/mol. The third kappa shape index (κ3) is 2.85. The first-order valence-electron chi connectivity index (χ1n) is 4.78. The van der Waals surface area contributed by atoms with Gasteiger partial charge in [0.25, 0.3) is 0 Å². The Hall–Kier alpha value is -1.25. The summed E-state index contributed by atoms with van der Waals surface area (Å²) in [5.41, 5.74) is -0.219. The van der Waals surface area contributed by atoms with Crippen LogP contribution in [0.2, 0.25) is 0 Å². The molecule has 0 N–H and O–H groups in total. The molecular formula is C12H14F2O. The van der Waals surface area contributed by atoms with Gasteiger partial charge in [-0.15, -0.1) is 0 Å². The van der Waals surface area contributed by atoms with Crippen LogP contribution in [0.3, 0.4) is 0 Å². The molecule has 0 radical (unpaired) electrons. The standard InChI is InChI=1S/C12H14F2O/c1-8(15)7-12(2,3)10-5-4-9(13)6-11(10)14/h4-6H,7H2,1-3H3. The first-order valence-corrected chi connectivity index (χ1v) is 4.78. The highest BCUT2D eigenvalue weighted by Crippen LogP contribution is 2.29. The molecule has 82 valence electrons. The minimum Gasteiger partial charge on any atom is -0.300 e. The van der Waals surface area contributed by atoms with E-state index in [9.17, 15) is 13.6 Å². The Morgan fingerprint density at radius 1 is 1.33 bits per heavy atom. The quantitative estimate of drug-likeness (QED) is 0.751. The number of ketones is 1. The zero-order chi connectivity index (χ0) is 11.6. The largest absolute Gasteiger partial charge is 0.300 e. The van der Waals surface area contributed by atoms with Crippen LogP contribution in [-0.4, -0.2) is 5.78 Å². The number of rotatable bonds is 3. The Labute approximate surface area is 88.1 Å². The summed E-state index contributed by atoms with van der Waals surface area (Å²) < 4.78 is 26.1. The lowest BCUT2D eigenvalue weighted by Crippen LogP contribution is -2.22. The summed E-state index contributed by atoms with van der Waals surface area (Å²) in [5, 5.41) is 0. The molecule has 0 heterocycles. The predicted octanol–water partition coefficient (Wildman–Crippen LogP) is 3.22. The smallest absolute Gasteiger partial charge is 0.130 e. The highest BCUT2D eigenvalue weighted by atomic mass is 19.1. The molecule has 0 aromatic heterocycles. The van der Waals surface area contributed by atoms with Crippen LogP contribution in [0, 0.1) is 11.6 Å². The Kier molecular flexibility index (Phi) is 3.22. The number of hydrogen-bond donors (Lipinski definition) is 0. The van der Waals surface area contributed by atoms with E-state index in [4.69, 9.17) is 0 Å². The zero-order valence-electron chi connectivity index (χ0n) is 9.10. The first-order chi connectivity index (χ1) is 6.83. The maximum absolute atomic E-state index is 13.4. The lowest BCUT2D eigenvalue weighted by atomic mass is 9.80. The number of benzene rings is 1. The number of hydrogen-bond acceptors (Lipinski definition) is 1. The predicted molar refractivity (Wildman–Crippen MR) is 54.7 cm³/mol. The van der Waals surface area contributed by atoms with Gasteiger partial charge in [-0.2, -0.15) is 0 Å². The highest BCUT2D eigenvalue weighted by molar-refractivity contribution is 5.77. The van der Waals surface area contributed by atoms with E-state index in [2.05, 4.69) is 0 Å². The van der Waals surface area contributed by atoms with Crippen molar-refractivity contribution < 1.29 is 13.6 Å². The van der Waals surface area contributed by atoms with Gasteiger partial charge in [-0.25, -0.2) is 8.78 Å². The van der Waals surface area contributed by atoms with Crippen LogP contribution in [0.1, 0.15) is 32.8 Å². The van der Waals surface area contributed by atoms with Gasteiger partial charge >= 0.3 is 0 Å². The second-order valence-electron chi connectivity index (χ2n) is 4.39. The van der Waals surface area contributed by atoms with Gasteiger partial charge in [0, 0.05) is 12.5 Å². The van der Waals surface area contributed by atoms with Gasteiger partial charge in [0.2, 0.25) is 0 Å². The molecule has 1 nitrogen and oxygen atoms in total. The van der Waals surface area contributed by atoms with Crippen molar-refractivity contribution in [3.63, 3.8) is 0 Å². The van der Waals surface area contributed by atoms with Crippen molar-refractivity contribution in [3.8, 4) is 0 Å². The van der Waals surface area contributed by atoms with Crippen LogP contribution in [0.25, 0.3) is 0 Å². The van der Waals surface area contributed by atoms with Gasteiger partial charge in [0.1, 0.15) is 17.4 Å². The highest BCUT2D eigenvalue weighted by Gasteiger charge is 2.25. The van der Waals surface area contributed by atoms with Gasteiger partial charge in [-0.1, -0.05) is 19.9 Å². The molecule has 0 fully saturated rings. The average molecular weight is 212 g/mol. The SMILES string of the molecule is CC(=O)CC(C)(C)c1ccc(F)cc1F. The molecule has 0 aliphatic heterocycles. The Bertz CT molecular complexity index is 383.